The molecule has 0 aliphatic heterocycles. The molecule has 0 atom stereocenters. The van der Waals surface area contributed by atoms with Gasteiger partial charge in [0, 0.05) is 0 Å². The molecule has 0 saturated carbocycles. The van der Waals surface area contributed by atoms with Crippen LogP contribution in [0.15, 0.2) is 49.1 Å². The van der Waals surface area contributed by atoms with E-state index in [2.05, 4.69) is 62.6 Å². The van der Waals surface area contributed by atoms with Gasteiger partial charge >= 0.3 is 84.0 Å². The van der Waals surface area contributed by atoms with Crippen molar-refractivity contribution in [2.75, 3.05) is 0 Å². The first-order valence-electron chi connectivity index (χ1n) is 4.31. The van der Waals surface area contributed by atoms with Gasteiger partial charge in [-0.1, -0.05) is 0 Å². The van der Waals surface area contributed by atoms with Gasteiger partial charge in [0.25, 0.3) is 0 Å². The van der Waals surface area contributed by atoms with Crippen LogP contribution in [0.3, 0.4) is 0 Å². The Morgan fingerprint density at radius 1 is 0.846 bits per heavy atom. The Morgan fingerprint density at radius 3 is 1.54 bits per heavy atom. The molecule has 2 aromatic heterocycles. The number of hydrogen-bond acceptors (Lipinski definition) is 0. The number of rotatable bonds is 3. The van der Waals surface area contributed by atoms with Gasteiger partial charge in [0.05, 0.1) is 0 Å². The maximum atomic E-state index is 2.37. The molecule has 0 unspecified atom stereocenters. The summed E-state index contributed by atoms with van der Waals surface area (Å²) < 4.78 is 4.73. The van der Waals surface area contributed by atoms with Gasteiger partial charge in [-0.2, -0.15) is 0 Å². The van der Waals surface area contributed by atoms with Gasteiger partial charge in [-0.05, 0) is 0 Å². The van der Waals surface area contributed by atoms with Gasteiger partial charge in [-0.15, -0.1) is 0 Å². The van der Waals surface area contributed by atoms with Crippen molar-refractivity contribution in [2.45, 2.75) is 11.9 Å². The molecule has 2 heterocycles. The first kappa shape index (κ1) is 8.77. The molecule has 2 rings (SSSR count). The first-order valence-corrected chi connectivity index (χ1v) is 7.09. The molecule has 13 heavy (non-hydrogen) atoms. The monoisotopic (exact) mass is 263 g/mol. The first-order chi connectivity index (χ1) is 6.42. The van der Waals surface area contributed by atoms with Crippen molar-refractivity contribution < 1.29 is 16.4 Å². The molecule has 0 fully saturated rings. The summed E-state index contributed by atoms with van der Waals surface area (Å²) in [6.07, 6.45) is 8.68. The Balaban J connectivity index is 2.29. The predicted octanol–water partition coefficient (Wildman–Crippen LogP) is 2.57. The molecule has 2 nitrogen and oxygen atoms in total. The molecule has 0 aromatic carbocycles. The van der Waals surface area contributed by atoms with E-state index in [0.717, 1.165) is 0 Å². The van der Waals surface area contributed by atoms with Gasteiger partial charge < -0.3 is 0 Å². The summed E-state index contributed by atoms with van der Waals surface area (Å²) in [6, 6.07) is 8.39. The normalized spacial score (nSPS) is 11.6. The summed E-state index contributed by atoms with van der Waals surface area (Å²) in [5.74, 6) is 0. The Morgan fingerprint density at radius 2 is 1.23 bits per heavy atom. The Kier molecular flexibility index (Phi) is 2.65. The fourth-order valence-corrected chi connectivity index (χ4v) is 4.74. The molecule has 0 saturated heterocycles. The molecule has 2 aromatic rings. The van der Waals surface area contributed by atoms with Crippen molar-refractivity contribution in [1.82, 2.24) is 6.62 Å². The maximum absolute atomic E-state index is 2.37. The topological polar surface area (TPSA) is 9.86 Å². The van der Waals surface area contributed by atoms with E-state index in [1.165, 1.54) is 5.02 Å². The van der Waals surface area contributed by atoms with Crippen LogP contribution in [-0.4, -0.2) is 6.62 Å². The van der Waals surface area contributed by atoms with Crippen molar-refractivity contribution in [3.05, 3.63) is 49.1 Å². The second kappa shape index (κ2) is 3.93. The molecular formula is C10H13N2Ru. The number of aromatic nitrogens is 2. The summed E-state index contributed by atoms with van der Waals surface area (Å²) >= 11 is -1.04. The van der Waals surface area contributed by atoms with E-state index in [4.69, 9.17) is 0 Å². The Labute approximate surface area is 84.2 Å². The van der Waals surface area contributed by atoms with E-state index in [1.807, 2.05) is 0 Å². The second-order valence-electron chi connectivity index (χ2n) is 2.57. The van der Waals surface area contributed by atoms with E-state index in [1.54, 1.807) is 0 Å². The quantitative estimate of drug-likeness (QED) is 0.752. The van der Waals surface area contributed by atoms with Crippen molar-refractivity contribution in [3.63, 3.8) is 0 Å². The Bertz CT molecular complexity index is 303. The van der Waals surface area contributed by atoms with Crippen LogP contribution < -0.4 is 0 Å². The fraction of sp³-hybridized carbons (Fsp3) is 0.200. The zero-order chi connectivity index (χ0) is 9.10. The van der Waals surface area contributed by atoms with E-state index < -0.39 is 16.4 Å². The summed E-state index contributed by atoms with van der Waals surface area (Å²) in [7, 11) is 0. The van der Waals surface area contributed by atoms with Crippen molar-refractivity contribution in [2.24, 2.45) is 0 Å². The SMILES string of the molecule is C[CH2][Ru]([n]1cccc1)[n]1cccc1. The summed E-state index contributed by atoms with van der Waals surface area (Å²) in [4.78, 5) is 0. The molecule has 71 valence electrons. The summed E-state index contributed by atoms with van der Waals surface area (Å²) in [5.41, 5.74) is 0. The average Bonchev–Trinajstić information content (AvgIpc) is 2.76. The predicted molar refractivity (Wildman–Crippen MR) is 50.1 cm³/mol. The molecule has 0 radical (unpaired) electrons. The molecule has 0 amide bonds. The van der Waals surface area contributed by atoms with Crippen LogP contribution in [0.5, 0.6) is 0 Å². The van der Waals surface area contributed by atoms with Gasteiger partial charge in [0.15, 0.2) is 0 Å². The van der Waals surface area contributed by atoms with Gasteiger partial charge in [-0.3, -0.25) is 0 Å². The number of hydrogen-bond donors (Lipinski definition) is 0. The van der Waals surface area contributed by atoms with Crippen LogP contribution in [0.4, 0.5) is 0 Å². The van der Waals surface area contributed by atoms with E-state index in [0.29, 0.717) is 0 Å². The molecule has 0 N–H and O–H groups in total. The van der Waals surface area contributed by atoms with Crippen molar-refractivity contribution in [3.8, 4) is 0 Å². The minimum atomic E-state index is -1.04. The Hall–Kier alpha value is -0.817. The van der Waals surface area contributed by atoms with Crippen LogP contribution in [0.1, 0.15) is 6.92 Å². The second-order valence-corrected chi connectivity index (χ2v) is 7.04. The van der Waals surface area contributed by atoms with Crippen LogP contribution in [0, 0.1) is 0 Å². The van der Waals surface area contributed by atoms with Crippen LogP contribution in [-0.2, 0) is 16.4 Å². The average molecular weight is 262 g/mol. The van der Waals surface area contributed by atoms with E-state index >= 15 is 0 Å². The number of nitrogens with zero attached hydrogens (tertiary/aromatic N) is 2. The van der Waals surface area contributed by atoms with E-state index in [-0.39, 0.29) is 0 Å². The minimum absolute atomic E-state index is 1.04. The van der Waals surface area contributed by atoms with Gasteiger partial charge in [0.2, 0.25) is 0 Å². The summed E-state index contributed by atoms with van der Waals surface area (Å²) in [6.45, 7) is 2.26. The van der Waals surface area contributed by atoms with Crippen molar-refractivity contribution >= 4 is 0 Å². The molecule has 0 aliphatic rings. The third-order valence-corrected chi connectivity index (χ3v) is 5.97. The molecule has 0 spiro atoms. The van der Waals surface area contributed by atoms with Crippen LogP contribution in [0.2, 0.25) is 5.02 Å². The third-order valence-electron chi connectivity index (χ3n) is 1.77. The molecule has 0 bridgehead atoms. The van der Waals surface area contributed by atoms with Gasteiger partial charge in [0.1, 0.15) is 0 Å². The third kappa shape index (κ3) is 1.75. The zero-order valence-corrected chi connectivity index (χ0v) is 9.31. The van der Waals surface area contributed by atoms with E-state index in [9.17, 15) is 0 Å². The standard InChI is InChI=1S/2C4H4N.C2H5.Ru/c2*1-2-4-5-3-1;1-2;/h2*1-4H;1H2,2H3;/q2*-1;;+2. The molecule has 0 aliphatic carbocycles. The van der Waals surface area contributed by atoms with Gasteiger partial charge in [-0.25, -0.2) is 0 Å². The molecule has 3 heteroatoms. The van der Waals surface area contributed by atoms with Crippen molar-refractivity contribution in [1.29, 1.82) is 0 Å². The summed E-state index contributed by atoms with van der Waals surface area (Å²) in [5, 5.41) is 1.24. The van der Waals surface area contributed by atoms with Crippen LogP contribution >= 0.6 is 0 Å². The molecular weight excluding hydrogens is 249 g/mol. The van der Waals surface area contributed by atoms with Crippen LogP contribution in [0.25, 0.3) is 0 Å². The zero-order valence-electron chi connectivity index (χ0n) is 7.57. The fourth-order valence-electron chi connectivity index (χ4n) is 1.21.